The van der Waals surface area contributed by atoms with Gasteiger partial charge in [0.1, 0.15) is 0 Å². The molecule has 0 saturated carbocycles. The maximum atomic E-state index is 2.25. The average Bonchev–Trinajstić information content (AvgIpc) is 2.00. The first-order chi connectivity index (χ1) is 5.26. The first-order valence-electron chi connectivity index (χ1n) is 4.22. The van der Waals surface area contributed by atoms with Gasteiger partial charge in [-0.25, -0.2) is 0 Å². The van der Waals surface area contributed by atoms with Crippen LogP contribution in [0, 0.1) is 0 Å². The summed E-state index contributed by atoms with van der Waals surface area (Å²) in [5.41, 5.74) is 2.70. The van der Waals surface area contributed by atoms with Crippen LogP contribution in [0.4, 0.5) is 0 Å². The van der Waals surface area contributed by atoms with E-state index in [1.54, 1.807) is 0 Å². The fourth-order valence-electron chi connectivity index (χ4n) is 1.06. The van der Waals surface area contributed by atoms with Crippen molar-refractivity contribution in [1.82, 2.24) is 0 Å². The van der Waals surface area contributed by atoms with Crippen LogP contribution >= 0.6 is 0 Å². The van der Waals surface area contributed by atoms with Crippen LogP contribution in [0.2, 0.25) is 0 Å². The Bertz CT molecular complexity index is 180. The highest BCUT2D eigenvalue weighted by molar-refractivity contribution is 5.37. The topological polar surface area (TPSA) is 0 Å². The molecule has 0 aromatic rings. The van der Waals surface area contributed by atoms with E-state index in [4.69, 9.17) is 0 Å². The van der Waals surface area contributed by atoms with Crippen LogP contribution in [0.3, 0.4) is 0 Å². The SMILES string of the molecule is C\C=C/C(=C\C)C(/C)=C/CC. The first kappa shape index (κ1) is 10.2. The summed E-state index contributed by atoms with van der Waals surface area (Å²) >= 11 is 0. The molecule has 0 heterocycles. The zero-order chi connectivity index (χ0) is 8.69. The highest BCUT2D eigenvalue weighted by Crippen LogP contribution is 2.10. The third kappa shape index (κ3) is 3.82. The van der Waals surface area contributed by atoms with Crippen molar-refractivity contribution >= 4 is 0 Å². The zero-order valence-electron chi connectivity index (χ0n) is 8.02. The second-order valence-electron chi connectivity index (χ2n) is 2.54. The fourth-order valence-corrected chi connectivity index (χ4v) is 1.06. The molecule has 0 N–H and O–H groups in total. The molecule has 0 spiro atoms. The van der Waals surface area contributed by atoms with Crippen molar-refractivity contribution in [2.75, 3.05) is 0 Å². The minimum Gasteiger partial charge on any atom is -0.0871 e. The highest BCUT2D eigenvalue weighted by atomic mass is 14.0. The van der Waals surface area contributed by atoms with Crippen molar-refractivity contribution < 1.29 is 0 Å². The summed E-state index contributed by atoms with van der Waals surface area (Å²) in [5.74, 6) is 0. The standard InChI is InChI=1S/C11H18/c1-5-8-10(4)11(7-3)9-6-2/h6-9H,5H2,1-4H3/b9-6-,10-8+,11-7+. The highest BCUT2D eigenvalue weighted by Gasteiger charge is 1.90. The van der Waals surface area contributed by atoms with Crippen molar-refractivity contribution in [2.45, 2.75) is 34.1 Å². The molecule has 0 bridgehead atoms. The summed E-state index contributed by atoms with van der Waals surface area (Å²) in [6.45, 7) is 8.43. The number of allylic oxidation sites excluding steroid dienone is 6. The van der Waals surface area contributed by atoms with Gasteiger partial charge < -0.3 is 0 Å². The van der Waals surface area contributed by atoms with E-state index in [9.17, 15) is 0 Å². The quantitative estimate of drug-likeness (QED) is 0.536. The lowest BCUT2D eigenvalue weighted by molar-refractivity contribution is 1.18. The molecule has 0 aromatic carbocycles. The molecule has 0 rings (SSSR count). The summed E-state index contributed by atoms with van der Waals surface area (Å²) < 4.78 is 0. The first-order valence-corrected chi connectivity index (χ1v) is 4.22. The van der Waals surface area contributed by atoms with Crippen molar-refractivity contribution in [2.24, 2.45) is 0 Å². The molecular weight excluding hydrogens is 132 g/mol. The molecule has 0 radical (unpaired) electrons. The van der Waals surface area contributed by atoms with Gasteiger partial charge in [0.25, 0.3) is 0 Å². The minimum absolute atomic E-state index is 1.11. The third-order valence-corrected chi connectivity index (χ3v) is 1.62. The lowest BCUT2D eigenvalue weighted by atomic mass is 10.1. The largest absolute Gasteiger partial charge is 0.0871 e. The van der Waals surface area contributed by atoms with Crippen LogP contribution in [0.15, 0.2) is 35.5 Å². The maximum absolute atomic E-state index is 2.25. The van der Waals surface area contributed by atoms with E-state index in [1.807, 2.05) is 6.92 Å². The maximum Gasteiger partial charge on any atom is -0.0277 e. The Balaban J connectivity index is 4.40. The van der Waals surface area contributed by atoms with Gasteiger partial charge >= 0.3 is 0 Å². The predicted octanol–water partition coefficient (Wildman–Crippen LogP) is 3.87. The molecule has 0 atom stereocenters. The van der Waals surface area contributed by atoms with Crippen LogP contribution in [-0.2, 0) is 0 Å². The molecule has 0 heteroatoms. The van der Waals surface area contributed by atoms with Crippen LogP contribution in [-0.4, -0.2) is 0 Å². The Morgan fingerprint density at radius 1 is 1.27 bits per heavy atom. The van der Waals surface area contributed by atoms with E-state index in [1.165, 1.54) is 11.1 Å². The van der Waals surface area contributed by atoms with Gasteiger partial charge in [-0.1, -0.05) is 31.2 Å². The molecular formula is C11H18. The molecule has 0 aliphatic heterocycles. The Labute approximate surface area is 70.3 Å². The summed E-state index contributed by atoms with van der Waals surface area (Å²) in [6, 6.07) is 0. The van der Waals surface area contributed by atoms with E-state index in [0.717, 1.165) is 6.42 Å². The Morgan fingerprint density at radius 2 is 1.91 bits per heavy atom. The van der Waals surface area contributed by atoms with Gasteiger partial charge in [-0.05, 0) is 38.3 Å². The van der Waals surface area contributed by atoms with Crippen LogP contribution in [0.25, 0.3) is 0 Å². The van der Waals surface area contributed by atoms with Crippen molar-refractivity contribution in [3.63, 3.8) is 0 Å². The normalized spacial score (nSPS) is 14.5. The van der Waals surface area contributed by atoms with Gasteiger partial charge in [0, 0.05) is 0 Å². The second-order valence-corrected chi connectivity index (χ2v) is 2.54. The minimum atomic E-state index is 1.11. The van der Waals surface area contributed by atoms with Crippen LogP contribution in [0.1, 0.15) is 34.1 Å². The van der Waals surface area contributed by atoms with E-state index in [-0.39, 0.29) is 0 Å². The molecule has 0 aliphatic carbocycles. The zero-order valence-corrected chi connectivity index (χ0v) is 8.02. The third-order valence-electron chi connectivity index (χ3n) is 1.62. The van der Waals surface area contributed by atoms with Crippen molar-refractivity contribution in [3.8, 4) is 0 Å². The summed E-state index contributed by atoms with van der Waals surface area (Å²) in [4.78, 5) is 0. The molecule has 11 heavy (non-hydrogen) atoms. The predicted molar refractivity (Wildman–Crippen MR) is 52.6 cm³/mol. The van der Waals surface area contributed by atoms with Gasteiger partial charge in [-0.3, -0.25) is 0 Å². The summed E-state index contributed by atoms with van der Waals surface area (Å²) in [5, 5.41) is 0. The van der Waals surface area contributed by atoms with Crippen LogP contribution in [0.5, 0.6) is 0 Å². The Morgan fingerprint density at radius 3 is 2.27 bits per heavy atom. The second kappa shape index (κ2) is 5.96. The van der Waals surface area contributed by atoms with E-state index in [0.29, 0.717) is 0 Å². The van der Waals surface area contributed by atoms with Crippen LogP contribution < -0.4 is 0 Å². The van der Waals surface area contributed by atoms with Crippen molar-refractivity contribution in [1.29, 1.82) is 0 Å². The summed E-state index contributed by atoms with van der Waals surface area (Å²) in [7, 11) is 0. The lowest BCUT2D eigenvalue weighted by Crippen LogP contribution is -1.79. The van der Waals surface area contributed by atoms with Gasteiger partial charge in [0.15, 0.2) is 0 Å². The molecule has 0 saturated heterocycles. The Kier molecular flexibility index (Phi) is 5.54. The Hall–Kier alpha value is -0.780. The number of rotatable bonds is 3. The number of hydrogen-bond acceptors (Lipinski definition) is 0. The van der Waals surface area contributed by atoms with E-state index >= 15 is 0 Å². The van der Waals surface area contributed by atoms with E-state index < -0.39 is 0 Å². The lowest BCUT2D eigenvalue weighted by Gasteiger charge is -1.99. The molecule has 0 aromatic heterocycles. The molecule has 0 amide bonds. The average molecular weight is 150 g/mol. The number of hydrogen-bond donors (Lipinski definition) is 0. The molecule has 0 aliphatic rings. The molecule has 62 valence electrons. The van der Waals surface area contributed by atoms with Gasteiger partial charge in [-0.15, -0.1) is 0 Å². The van der Waals surface area contributed by atoms with E-state index in [2.05, 4.69) is 45.1 Å². The summed E-state index contributed by atoms with van der Waals surface area (Å²) in [6.07, 6.45) is 9.71. The molecule has 0 fully saturated rings. The molecule has 0 nitrogen and oxygen atoms in total. The van der Waals surface area contributed by atoms with Crippen molar-refractivity contribution in [3.05, 3.63) is 35.5 Å². The smallest absolute Gasteiger partial charge is 0.0277 e. The van der Waals surface area contributed by atoms with Gasteiger partial charge in [0.05, 0.1) is 0 Å². The molecule has 0 unspecified atom stereocenters. The monoisotopic (exact) mass is 150 g/mol. The van der Waals surface area contributed by atoms with Gasteiger partial charge in [-0.2, -0.15) is 0 Å². The van der Waals surface area contributed by atoms with Gasteiger partial charge in [0.2, 0.25) is 0 Å². The fraction of sp³-hybridized carbons (Fsp3) is 0.455.